The Balaban J connectivity index is 2.13. The number of rotatable bonds is 4. The van der Waals surface area contributed by atoms with E-state index in [2.05, 4.69) is 11.8 Å². The minimum atomic E-state index is -1.43. The van der Waals surface area contributed by atoms with Crippen molar-refractivity contribution in [2.45, 2.75) is 26.3 Å². The van der Waals surface area contributed by atoms with Gasteiger partial charge < -0.3 is 14.8 Å². The summed E-state index contributed by atoms with van der Waals surface area (Å²) in [4.78, 5) is 2.36. The highest BCUT2D eigenvalue weighted by Gasteiger charge is 2.21. The predicted molar refractivity (Wildman–Crippen MR) is 76.5 cm³/mol. The molecule has 0 aromatic heterocycles. The van der Waals surface area contributed by atoms with Crippen molar-refractivity contribution in [2.75, 3.05) is 20.2 Å². The third kappa shape index (κ3) is 3.72. The molecule has 1 aliphatic rings. The molecule has 1 heterocycles. The van der Waals surface area contributed by atoms with Gasteiger partial charge in [0, 0.05) is 6.54 Å². The molecule has 1 aliphatic heterocycles. The van der Waals surface area contributed by atoms with Crippen molar-refractivity contribution in [3.63, 3.8) is 0 Å². The molecule has 1 saturated heterocycles. The van der Waals surface area contributed by atoms with E-state index in [9.17, 15) is 10.0 Å². The minimum Gasteiger partial charge on any atom is -0.497 e. The molecule has 1 aromatic carbocycles. The van der Waals surface area contributed by atoms with E-state index in [1.165, 1.54) is 12.8 Å². The van der Waals surface area contributed by atoms with Crippen molar-refractivity contribution in [3.05, 3.63) is 23.8 Å². The van der Waals surface area contributed by atoms with E-state index in [-0.39, 0.29) is 0 Å². The summed E-state index contributed by atoms with van der Waals surface area (Å²) in [5.74, 6) is 1.55. The minimum absolute atomic E-state index is 0.569. The molecule has 2 rings (SSSR count). The van der Waals surface area contributed by atoms with Gasteiger partial charge in [0.2, 0.25) is 0 Å². The predicted octanol–water partition coefficient (Wildman–Crippen LogP) is 0.607. The maximum absolute atomic E-state index is 9.44. The summed E-state index contributed by atoms with van der Waals surface area (Å²) in [6.07, 6.45) is 2.42. The molecule has 4 nitrogen and oxygen atoms in total. The monoisotopic (exact) mass is 263 g/mol. The third-order valence-corrected chi connectivity index (χ3v) is 3.90. The van der Waals surface area contributed by atoms with Gasteiger partial charge in [-0.25, -0.2) is 0 Å². The second-order valence-electron chi connectivity index (χ2n) is 5.40. The molecule has 0 amide bonds. The third-order valence-electron chi connectivity index (χ3n) is 3.90. The van der Waals surface area contributed by atoms with Gasteiger partial charge in [-0.3, -0.25) is 4.90 Å². The van der Waals surface area contributed by atoms with Gasteiger partial charge >= 0.3 is 7.12 Å². The summed E-state index contributed by atoms with van der Waals surface area (Å²) in [5.41, 5.74) is 1.50. The molecule has 1 aromatic rings. The fourth-order valence-electron chi connectivity index (χ4n) is 2.56. The van der Waals surface area contributed by atoms with Crippen LogP contribution in [0.1, 0.15) is 25.3 Å². The molecule has 104 valence electrons. The highest BCUT2D eigenvalue weighted by atomic mass is 16.5. The summed E-state index contributed by atoms with van der Waals surface area (Å²) in [6.45, 7) is 5.17. The lowest BCUT2D eigenvalue weighted by molar-refractivity contribution is 0.185. The SMILES string of the molecule is COc1ccc(B(O)O)c(CN2CCC(C)CC2)c1. The second kappa shape index (κ2) is 6.41. The normalized spacial score (nSPS) is 17.5. The highest BCUT2D eigenvalue weighted by molar-refractivity contribution is 6.59. The standard InChI is InChI=1S/C14H22BNO3/c1-11-5-7-16(8-6-11)10-12-9-13(19-2)3-4-14(12)15(17)18/h3-4,9,11,17-18H,5-8,10H2,1-2H3. The Morgan fingerprint density at radius 2 is 2.00 bits per heavy atom. The molecule has 1 fully saturated rings. The number of benzene rings is 1. The van der Waals surface area contributed by atoms with Gasteiger partial charge in [-0.15, -0.1) is 0 Å². The van der Waals surface area contributed by atoms with Crippen LogP contribution < -0.4 is 10.2 Å². The average molecular weight is 263 g/mol. The molecule has 19 heavy (non-hydrogen) atoms. The number of nitrogens with zero attached hydrogens (tertiary/aromatic N) is 1. The number of hydrogen-bond acceptors (Lipinski definition) is 4. The van der Waals surface area contributed by atoms with Gasteiger partial charge in [0.25, 0.3) is 0 Å². The molecular weight excluding hydrogens is 241 g/mol. The number of ether oxygens (including phenoxy) is 1. The Hall–Kier alpha value is -1.04. The van der Waals surface area contributed by atoms with Crippen molar-refractivity contribution < 1.29 is 14.8 Å². The largest absolute Gasteiger partial charge is 0.497 e. The Kier molecular flexibility index (Phi) is 4.85. The lowest BCUT2D eigenvalue weighted by Gasteiger charge is -2.30. The first kappa shape index (κ1) is 14.4. The first-order chi connectivity index (χ1) is 9.10. The summed E-state index contributed by atoms with van der Waals surface area (Å²) < 4.78 is 5.21. The first-order valence-electron chi connectivity index (χ1n) is 6.85. The lowest BCUT2D eigenvalue weighted by Crippen LogP contribution is -2.38. The van der Waals surface area contributed by atoms with Crippen LogP contribution in [0.4, 0.5) is 0 Å². The van der Waals surface area contributed by atoms with Gasteiger partial charge in [-0.05, 0) is 55.0 Å². The van der Waals surface area contributed by atoms with Crippen molar-refractivity contribution in [3.8, 4) is 5.75 Å². The fraction of sp³-hybridized carbons (Fsp3) is 0.571. The van der Waals surface area contributed by atoms with Crippen LogP contribution in [0.25, 0.3) is 0 Å². The second-order valence-corrected chi connectivity index (χ2v) is 5.40. The average Bonchev–Trinajstić information content (AvgIpc) is 2.41. The van der Waals surface area contributed by atoms with Crippen LogP contribution in [0.15, 0.2) is 18.2 Å². The maximum Gasteiger partial charge on any atom is 0.488 e. The van der Waals surface area contributed by atoms with Crippen molar-refractivity contribution in [1.29, 1.82) is 0 Å². The quantitative estimate of drug-likeness (QED) is 0.781. The van der Waals surface area contributed by atoms with Crippen LogP contribution in [-0.4, -0.2) is 42.3 Å². The van der Waals surface area contributed by atoms with E-state index < -0.39 is 7.12 Å². The van der Waals surface area contributed by atoms with Crippen LogP contribution in [0.2, 0.25) is 0 Å². The van der Waals surface area contributed by atoms with Gasteiger partial charge in [-0.1, -0.05) is 13.0 Å². The van der Waals surface area contributed by atoms with Gasteiger partial charge in [0.05, 0.1) is 7.11 Å². The Morgan fingerprint density at radius 3 is 2.58 bits per heavy atom. The van der Waals surface area contributed by atoms with E-state index in [4.69, 9.17) is 4.74 Å². The maximum atomic E-state index is 9.44. The number of piperidine rings is 1. The van der Waals surface area contributed by atoms with Crippen LogP contribution in [0.5, 0.6) is 5.75 Å². The zero-order valence-electron chi connectivity index (χ0n) is 11.7. The molecule has 0 bridgehead atoms. The van der Waals surface area contributed by atoms with Gasteiger partial charge in [0.15, 0.2) is 0 Å². The molecule has 0 saturated carbocycles. The summed E-state index contributed by atoms with van der Waals surface area (Å²) >= 11 is 0. The molecule has 0 unspecified atom stereocenters. The molecule has 2 N–H and O–H groups in total. The van der Waals surface area contributed by atoms with Gasteiger partial charge in [-0.2, -0.15) is 0 Å². The Morgan fingerprint density at radius 1 is 1.32 bits per heavy atom. The summed E-state index contributed by atoms with van der Waals surface area (Å²) in [7, 11) is 0.195. The van der Waals surface area contributed by atoms with Crippen molar-refractivity contribution in [1.82, 2.24) is 4.90 Å². The molecule has 0 atom stereocenters. The number of likely N-dealkylation sites (tertiary alicyclic amines) is 1. The van der Waals surface area contributed by atoms with Crippen molar-refractivity contribution >= 4 is 12.6 Å². The lowest BCUT2D eigenvalue weighted by atomic mass is 9.76. The zero-order valence-corrected chi connectivity index (χ0v) is 11.7. The molecule has 0 spiro atoms. The van der Waals surface area contributed by atoms with Crippen LogP contribution >= 0.6 is 0 Å². The van der Waals surface area contributed by atoms with Crippen LogP contribution in [0, 0.1) is 5.92 Å². The van der Waals surface area contributed by atoms with Crippen LogP contribution in [-0.2, 0) is 6.54 Å². The fourth-order valence-corrected chi connectivity index (χ4v) is 2.56. The van der Waals surface area contributed by atoms with E-state index in [1.807, 2.05) is 6.07 Å². The Labute approximate surface area is 115 Å². The molecule has 0 aliphatic carbocycles. The van der Waals surface area contributed by atoms with Crippen molar-refractivity contribution in [2.24, 2.45) is 5.92 Å². The molecule has 5 heteroatoms. The van der Waals surface area contributed by atoms with E-state index in [0.717, 1.165) is 36.9 Å². The van der Waals surface area contributed by atoms with Gasteiger partial charge in [0.1, 0.15) is 5.75 Å². The smallest absolute Gasteiger partial charge is 0.488 e. The first-order valence-corrected chi connectivity index (χ1v) is 6.85. The number of methoxy groups -OCH3 is 1. The summed E-state index contributed by atoms with van der Waals surface area (Å²) in [6, 6.07) is 5.38. The zero-order chi connectivity index (χ0) is 13.8. The topological polar surface area (TPSA) is 52.9 Å². The molecular formula is C14H22BNO3. The van der Waals surface area contributed by atoms with E-state index in [0.29, 0.717) is 5.46 Å². The highest BCUT2D eigenvalue weighted by Crippen LogP contribution is 2.19. The Bertz CT molecular complexity index is 417. The molecule has 0 radical (unpaired) electrons. The van der Waals surface area contributed by atoms with Crippen LogP contribution in [0.3, 0.4) is 0 Å². The van der Waals surface area contributed by atoms with E-state index >= 15 is 0 Å². The summed E-state index contributed by atoms with van der Waals surface area (Å²) in [5, 5.41) is 18.9. The van der Waals surface area contributed by atoms with E-state index in [1.54, 1.807) is 19.2 Å². The number of hydrogen-bond donors (Lipinski definition) is 2.